The van der Waals surface area contributed by atoms with Gasteiger partial charge in [0.2, 0.25) is 0 Å². The predicted octanol–water partition coefficient (Wildman–Crippen LogP) is 2.60. The minimum Gasteiger partial charge on any atom is -0.294 e. The summed E-state index contributed by atoms with van der Waals surface area (Å²) in [5.41, 5.74) is 2.57. The van der Waals surface area contributed by atoms with E-state index in [0.29, 0.717) is 0 Å². The fourth-order valence-electron chi connectivity index (χ4n) is 1.87. The molecule has 1 saturated heterocycles. The zero-order chi connectivity index (χ0) is 9.97. The second kappa shape index (κ2) is 4.24. The topological polar surface area (TPSA) is 16.1 Å². The Hall–Kier alpha value is -0.670. The van der Waals surface area contributed by atoms with Gasteiger partial charge in [-0.1, -0.05) is 12.2 Å². The Morgan fingerprint density at radius 3 is 3.14 bits per heavy atom. The molecule has 14 heavy (non-hydrogen) atoms. The summed E-state index contributed by atoms with van der Waals surface area (Å²) in [6.07, 6.45) is 2.45. The molecule has 2 heterocycles. The SMILES string of the molecule is C=C1CCCN(Cc2csc(C)n2)C1. The zero-order valence-electron chi connectivity index (χ0n) is 8.62. The van der Waals surface area contributed by atoms with Gasteiger partial charge in [0, 0.05) is 18.5 Å². The highest BCUT2D eigenvalue weighted by atomic mass is 32.1. The molecule has 1 aliphatic heterocycles. The predicted molar refractivity (Wildman–Crippen MR) is 60.5 cm³/mol. The molecule has 2 nitrogen and oxygen atoms in total. The molecule has 0 spiro atoms. The minimum atomic E-state index is 0.989. The van der Waals surface area contributed by atoms with E-state index < -0.39 is 0 Å². The Labute approximate surface area is 89.3 Å². The van der Waals surface area contributed by atoms with Gasteiger partial charge in [-0.05, 0) is 26.3 Å². The monoisotopic (exact) mass is 208 g/mol. The summed E-state index contributed by atoms with van der Waals surface area (Å²) >= 11 is 1.73. The van der Waals surface area contributed by atoms with Gasteiger partial charge >= 0.3 is 0 Å². The third-order valence-electron chi connectivity index (χ3n) is 2.50. The van der Waals surface area contributed by atoms with Crippen LogP contribution in [-0.2, 0) is 6.54 Å². The van der Waals surface area contributed by atoms with E-state index in [4.69, 9.17) is 0 Å². The molecule has 0 amide bonds. The van der Waals surface area contributed by atoms with Crippen LogP contribution in [0, 0.1) is 6.92 Å². The van der Waals surface area contributed by atoms with Crippen LogP contribution in [0.25, 0.3) is 0 Å². The molecule has 1 aliphatic rings. The van der Waals surface area contributed by atoms with E-state index >= 15 is 0 Å². The number of hydrogen-bond acceptors (Lipinski definition) is 3. The van der Waals surface area contributed by atoms with Gasteiger partial charge in [0.15, 0.2) is 0 Å². The van der Waals surface area contributed by atoms with E-state index in [0.717, 1.165) is 18.1 Å². The van der Waals surface area contributed by atoms with Crippen molar-refractivity contribution in [3.8, 4) is 0 Å². The first-order valence-electron chi connectivity index (χ1n) is 5.04. The molecule has 0 unspecified atom stereocenters. The normalized spacial score (nSPS) is 18.8. The van der Waals surface area contributed by atoms with Crippen molar-refractivity contribution in [3.05, 3.63) is 28.2 Å². The van der Waals surface area contributed by atoms with Crippen LogP contribution in [0.1, 0.15) is 23.5 Å². The van der Waals surface area contributed by atoms with Crippen molar-refractivity contribution in [3.63, 3.8) is 0 Å². The van der Waals surface area contributed by atoms with E-state index in [-0.39, 0.29) is 0 Å². The van der Waals surface area contributed by atoms with Crippen molar-refractivity contribution in [1.82, 2.24) is 9.88 Å². The second-order valence-corrected chi connectivity index (χ2v) is 4.98. The molecule has 1 aromatic rings. The number of nitrogens with zero attached hydrogens (tertiary/aromatic N) is 2. The molecule has 3 heteroatoms. The highest BCUT2D eigenvalue weighted by Crippen LogP contribution is 2.17. The van der Waals surface area contributed by atoms with Gasteiger partial charge in [0.25, 0.3) is 0 Å². The molecular weight excluding hydrogens is 192 g/mol. The Morgan fingerprint density at radius 1 is 1.64 bits per heavy atom. The maximum atomic E-state index is 4.48. The third kappa shape index (κ3) is 2.42. The molecule has 76 valence electrons. The van der Waals surface area contributed by atoms with Crippen molar-refractivity contribution >= 4 is 11.3 Å². The van der Waals surface area contributed by atoms with Gasteiger partial charge in [-0.15, -0.1) is 11.3 Å². The summed E-state index contributed by atoms with van der Waals surface area (Å²) in [6.45, 7) is 9.34. The molecule has 0 N–H and O–H groups in total. The van der Waals surface area contributed by atoms with Crippen molar-refractivity contribution < 1.29 is 0 Å². The first kappa shape index (κ1) is 9.87. The largest absolute Gasteiger partial charge is 0.294 e. The smallest absolute Gasteiger partial charge is 0.0897 e. The van der Waals surface area contributed by atoms with Crippen molar-refractivity contribution in [2.75, 3.05) is 13.1 Å². The molecule has 0 radical (unpaired) electrons. The molecule has 0 bridgehead atoms. The Morgan fingerprint density at radius 2 is 2.50 bits per heavy atom. The van der Waals surface area contributed by atoms with Gasteiger partial charge in [-0.25, -0.2) is 4.98 Å². The lowest BCUT2D eigenvalue weighted by molar-refractivity contribution is 0.256. The molecule has 0 saturated carbocycles. The van der Waals surface area contributed by atoms with Crippen LogP contribution in [0.4, 0.5) is 0 Å². The number of likely N-dealkylation sites (tertiary alicyclic amines) is 1. The molecule has 0 atom stereocenters. The number of thiazole rings is 1. The first-order valence-corrected chi connectivity index (χ1v) is 5.92. The molecule has 2 rings (SSSR count). The summed E-state index contributed by atoms with van der Waals surface area (Å²) in [6, 6.07) is 0. The number of rotatable bonds is 2. The first-order chi connectivity index (χ1) is 6.74. The standard InChI is InChI=1S/C11H16N2S/c1-9-4-3-5-13(6-9)7-11-8-14-10(2)12-11/h8H,1,3-7H2,2H3. The molecule has 1 fully saturated rings. The maximum Gasteiger partial charge on any atom is 0.0897 e. The van der Waals surface area contributed by atoms with E-state index in [1.165, 1.54) is 30.7 Å². The highest BCUT2D eigenvalue weighted by molar-refractivity contribution is 7.09. The summed E-state index contributed by atoms with van der Waals surface area (Å²) < 4.78 is 0. The van der Waals surface area contributed by atoms with Crippen LogP contribution >= 0.6 is 11.3 Å². The zero-order valence-corrected chi connectivity index (χ0v) is 9.44. The quantitative estimate of drug-likeness (QED) is 0.694. The summed E-state index contributed by atoms with van der Waals surface area (Å²) in [7, 11) is 0. The van der Waals surface area contributed by atoms with Gasteiger partial charge in [0.05, 0.1) is 10.7 Å². The lowest BCUT2D eigenvalue weighted by atomic mass is 10.1. The van der Waals surface area contributed by atoms with Crippen molar-refractivity contribution in [1.29, 1.82) is 0 Å². The van der Waals surface area contributed by atoms with Crippen LogP contribution in [0.3, 0.4) is 0 Å². The number of piperidine rings is 1. The van der Waals surface area contributed by atoms with Crippen LogP contribution in [-0.4, -0.2) is 23.0 Å². The lowest BCUT2D eigenvalue weighted by Crippen LogP contribution is -2.30. The van der Waals surface area contributed by atoms with E-state index in [9.17, 15) is 0 Å². The van der Waals surface area contributed by atoms with Crippen LogP contribution in [0.15, 0.2) is 17.5 Å². The maximum absolute atomic E-state index is 4.48. The van der Waals surface area contributed by atoms with Crippen LogP contribution in [0.2, 0.25) is 0 Å². The van der Waals surface area contributed by atoms with Gasteiger partial charge < -0.3 is 0 Å². The highest BCUT2D eigenvalue weighted by Gasteiger charge is 2.13. The van der Waals surface area contributed by atoms with E-state index in [1.54, 1.807) is 11.3 Å². The fourth-order valence-corrected chi connectivity index (χ4v) is 2.48. The molecular formula is C11H16N2S. The van der Waals surface area contributed by atoms with E-state index in [1.807, 2.05) is 0 Å². The lowest BCUT2D eigenvalue weighted by Gasteiger charge is -2.27. The minimum absolute atomic E-state index is 0.989. The van der Waals surface area contributed by atoms with Crippen LogP contribution in [0.5, 0.6) is 0 Å². The van der Waals surface area contributed by atoms with Crippen molar-refractivity contribution in [2.24, 2.45) is 0 Å². The average molecular weight is 208 g/mol. The van der Waals surface area contributed by atoms with Gasteiger partial charge in [-0.2, -0.15) is 0 Å². The number of aryl methyl sites for hydroxylation is 1. The summed E-state index contributed by atoms with van der Waals surface area (Å²) in [5.74, 6) is 0. The summed E-state index contributed by atoms with van der Waals surface area (Å²) in [5, 5.41) is 3.32. The Balaban J connectivity index is 1.93. The fraction of sp³-hybridized carbons (Fsp3) is 0.545. The second-order valence-electron chi connectivity index (χ2n) is 3.92. The number of hydrogen-bond donors (Lipinski definition) is 0. The Bertz CT molecular complexity index is 330. The average Bonchev–Trinajstić information content (AvgIpc) is 2.51. The van der Waals surface area contributed by atoms with Crippen molar-refractivity contribution in [2.45, 2.75) is 26.3 Å². The third-order valence-corrected chi connectivity index (χ3v) is 3.33. The van der Waals surface area contributed by atoms with Crippen LogP contribution < -0.4 is 0 Å². The summed E-state index contributed by atoms with van der Waals surface area (Å²) in [4.78, 5) is 6.91. The number of aromatic nitrogens is 1. The molecule has 0 aromatic carbocycles. The van der Waals surface area contributed by atoms with E-state index in [2.05, 4.69) is 28.8 Å². The molecule has 0 aliphatic carbocycles. The molecule has 1 aromatic heterocycles. The van der Waals surface area contributed by atoms with Gasteiger partial charge in [-0.3, -0.25) is 4.90 Å². The van der Waals surface area contributed by atoms with Gasteiger partial charge in [0.1, 0.15) is 0 Å². The Kier molecular flexibility index (Phi) is 2.99.